The van der Waals surface area contributed by atoms with Gasteiger partial charge in [0.2, 0.25) is 0 Å². The summed E-state index contributed by atoms with van der Waals surface area (Å²) in [5.41, 5.74) is 2.10. The summed E-state index contributed by atoms with van der Waals surface area (Å²) in [7, 11) is 0. The SMILES string of the molecule is O=C(NCC1CCCN1c1nc2ccccc2o1)c1ccc(Cl)c(Cl)c1. The van der Waals surface area contributed by atoms with Crippen LogP contribution < -0.4 is 10.2 Å². The van der Waals surface area contributed by atoms with E-state index in [9.17, 15) is 4.79 Å². The van der Waals surface area contributed by atoms with E-state index < -0.39 is 0 Å². The summed E-state index contributed by atoms with van der Waals surface area (Å²) in [6, 6.07) is 13.3. The van der Waals surface area contributed by atoms with Gasteiger partial charge in [0.25, 0.3) is 11.9 Å². The Labute approximate surface area is 160 Å². The summed E-state index contributed by atoms with van der Waals surface area (Å²) in [6.07, 6.45) is 2.01. The van der Waals surface area contributed by atoms with Crippen LogP contribution in [0, 0.1) is 0 Å². The molecule has 1 aliphatic rings. The van der Waals surface area contributed by atoms with E-state index in [1.807, 2.05) is 24.3 Å². The first-order chi connectivity index (χ1) is 12.6. The summed E-state index contributed by atoms with van der Waals surface area (Å²) in [4.78, 5) is 19.1. The van der Waals surface area contributed by atoms with Gasteiger partial charge in [-0.2, -0.15) is 4.98 Å². The minimum absolute atomic E-state index is 0.148. The Kier molecular flexibility index (Phi) is 4.74. The molecule has 1 aliphatic heterocycles. The van der Waals surface area contributed by atoms with Crippen LogP contribution in [-0.4, -0.2) is 30.0 Å². The Morgan fingerprint density at radius 3 is 2.88 bits per heavy atom. The molecule has 2 heterocycles. The largest absolute Gasteiger partial charge is 0.423 e. The maximum Gasteiger partial charge on any atom is 0.298 e. The number of nitrogens with zero attached hydrogens (tertiary/aromatic N) is 2. The lowest BCUT2D eigenvalue weighted by atomic mass is 10.2. The second kappa shape index (κ2) is 7.17. The lowest BCUT2D eigenvalue weighted by Crippen LogP contribution is -2.40. The minimum Gasteiger partial charge on any atom is -0.423 e. The molecular weight excluding hydrogens is 373 g/mol. The smallest absolute Gasteiger partial charge is 0.298 e. The van der Waals surface area contributed by atoms with Crippen molar-refractivity contribution in [2.45, 2.75) is 18.9 Å². The van der Waals surface area contributed by atoms with Crippen LogP contribution in [0.25, 0.3) is 11.1 Å². The Morgan fingerprint density at radius 1 is 1.23 bits per heavy atom. The molecular formula is C19H17Cl2N3O2. The molecule has 0 bridgehead atoms. The number of amides is 1. The predicted octanol–water partition coefficient (Wildman–Crippen LogP) is 4.53. The van der Waals surface area contributed by atoms with E-state index in [0.717, 1.165) is 30.5 Å². The third-order valence-corrected chi connectivity index (χ3v) is 5.32. The highest BCUT2D eigenvalue weighted by Crippen LogP contribution is 2.28. The zero-order chi connectivity index (χ0) is 18.1. The molecule has 1 unspecified atom stereocenters. The first kappa shape index (κ1) is 17.2. The monoisotopic (exact) mass is 389 g/mol. The van der Waals surface area contributed by atoms with Gasteiger partial charge in [0.05, 0.1) is 16.1 Å². The van der Waals surface area contributed by atoms with Crippen LogP contribution in [0.15, 0.2) is 46.9 Å². The molecule has 1 saturated heterocycles. The van der Waals surface area contributed by atoms with Crippen LogP contribution >= 0.6 is 23.2 Å². The molecule has 0 spiro atoms. The quantitative estimate of drug-likeness (QED) is 0.711. The molecule has 134 valence electrons. The van der Waals surface area contributed by atoms with Gasteiger partial charge in [-0.3, -0.25) is 4.79 Å². The number of nitrogens with one attached hydrogen (secondary N) is 1. The predicted molar refractivity (Wildman–Crippen MR) is 103 cm³/mol. The summed E-state index contributed by atoms with van der Waals surface area (Å²) < 4.78 is 5.87. The van der Waals surface area contributed by atoms with Crippen molar-refractivity contribution in [2.75, 3.05) is 18.0 Å². The number of fused-ring (bicyclic) bond motifs is 1. The highest BCUT2D eigenvalue weighted by molar-refractivity contribution is 6.42. The number of anilines is 1. The second-order valence-corrected chi connectivity index (χ2v) is 7.11. The molecule has 0 radical (unpaired) electrons. The first-order valence-corrected chi connectivity index (χ1v) is 9.23. The highest BCUT2D eigenvalue weighted by atomic mass is 35.5. The van der Waals surface area contributed by atoms with Crippen molar-refractivity contribution < 1.29 is 9.21 Å². The van der Waals surface area contributed by atoms with Gasteiger partial charge in [-0.1, -0.05) is 35.3 Å². The van der Waals surface area contributed by atoms with E-state index in [2.05, 4.69) is 15.2 Å². The van der Waals surface area contributed by atoms with Crippen molar-refractivity contribution in [1.82, 2.24) is 10.3 Å². The number of benzene rings is 2. The molecule has 1 fully saturated rings. The van der Waals surface area contributed by atoms with Crippen LogP contribution in [0.1, 0.15) is 23.2 Å². The molecule has 2 aromatic carbocycles. The fourth-order valence-corrected chi connectivity index (χ4v) is 3.53. The van der Waals surface area contributed by atoms with Gasteiger partial charge in [0.15, 0.2) is 5.58 Å². The van der Waals surface area contributed by atoms with Crippen molar-refractivity contribution in [1.29, 1.82) is 0 Å². The summed E-state index contributed by atoms with van der Waals surface area (Å²) in [5, 5.41) is 3.77. The van der Waals surface area contributed by atoms with Crippen molar-refractivity contribution in [2.24, 2.45) is 0 Å². The fourth-order valence-electron chi connectivity index (χ4n) is 3.23. The Morgan fingerprint density at radius 2 is 2.08 bits per heavy atom. The van der Waals surface area contributed by atoms with Crippen molar-refractivity contribution >= 4 is 46.2 Å². The number of carbonyl (C=O) groups excluding carboxylic acids is 1. The molecule has 1 atom stereocenters. The van der Waals surface area contributed by atoms with Gasteiger partial charge in [-0.25, -0.2) is 0 Å². The zero-order valence-corrected chi connectivity index (χ0v) is 15.4. The van der Waals surface area contributed by atoms with Crippen LogP contribution in [-0.2, 0) is 0 Å². The summed E-state index contributed by atoms with van der Waals surface area (Å²) in [6.45, 7) is 1.37. The van der Waals surface area contributed by atoms with Gasteiger partial charge < -0.3 is 14.6 Å². The Bertz CT molecular complexity index is 924. The molecule has 3 aromatic rings. The first-order valence-electron chi connectivity index (χ1n) is 8.47. The number of rotatable bonds is 4. The van der Waals surface area contributed by atoms with Crippen LogP contribution in [0.4, 0.5) is 6.01 Å². The van der Waals surface area contributed by atoms with Crippen LogP contribution in [0.2, 0.25) is 10.0 Å². The molecule has 1 N–H and O–H groups in total. The highest BCUT2D eigenvalue weighted by Gasteiger charge is 2.28. The second-order valence-electron chi connectivity index (χ2n) is 6.29. The number of hydrogen-bond donors (Lipinski definition) is 1. The van der Waals surface area contributed by atoms with Crippen LogP contribution in [0.3, 0.4) is 0 Å². The molecule has 0 saturated carbocycles. The number of oxazole rings is 1. The average Bonchev–Trinajstić information content (AvgIpc) is 3.27. The topological polar surface area (TPSA) is 58.4 Å². The third kappa shape index (κ3) is 3.37. The van der Waals surface area contributed by atoms with E-state index in [4.69, 9.17) is 27.6 Å². The van der Waals surface area contributed by atoms with E-state index >= 15 is 0 Å². The molecule has 1 amide bonds. The van der Waals surface area contributed by atoms with Crippen molar-refractivity contribution in [3.63, 3.8) is 0 Å². The number of hydrogen-bond acceptors (Lipinski definition) is 4. The number of aromatic nitrogens is 1. The van der Waals surface area contributed by atoms with Crippen LogP contribution in [0.5, 0.6) is 0 Å². The fraction of sp³-hybridized carbons (Fsp3) is 0.263. The number of halogens is 2. The molecule has 0 aliphatic carbocycles. The average molecular weight is 390 g/mol. The van der Waals surface area contributed by atoms with E-state index in [1.54, 1.807) is 18.2 Å². The Balaban J connectivity index is 1.45. The normalized spacial score (nSPS) is 17.0. The van der Waals surface area contributed by atoms with E-state index in [0.29, 0.717) is 28.2 Å². The number of carbonyl (C=O) groups is 1. The van der Waals surface area contributed by atoms with Gasteiger partial charge in [-0.15, -0.1) is 0 Å². The Hall–Kier alpha value is -2.24. The van der Waals surface area contributed by atoms with Gasteiger partial charge in [-0.05, 0) is 43.2 Å². The molecule has 5 nitrogen and oxygen atoms in total. The van der Waals surface area contributed by atoms with Gasteiger partial charge in [0, 0.05) is 18.7 Å². The summed E-state index contributed by atoms with van der Waals surface area (Å²) >= 11 is 11.9. The molecule has 7 heteroatoms. The van der Waals surface area contributed by atoms with Crippen molar-refractivity contribution in [3.8, 4) is 0 Å². The molecule has 26 heavy (non-hydrogen) atoms. The van der Waals surface area contributed by atoms with E-state index in [-0.39, 0.29) is 11.9 Å². The molecule has 4 rings (SSSR count). The maximum atomic E-state index is 12.4. The maximum absolute atomic E-state index is 12.4. The lowest BCUT2D eigenvalue weighted by Gasteiger charge is -2.23. The lowest BCUT2D eigenvalue weighted by molar-refractivity contribution is 0.0951. The van der Waals surface area contributed by atoms with Crippen molar-refractivity contribution in [3.05, 3.63) is 58.1 Å². The molecule has 1 aromatic heterocycles. The summed E-state index contributed by atoms with van der Waals surface area (Å²) in [5.74, 6) is -0.173. The number of para-hydroxylation sites is 2. The standard InChI is InChI=1S/C19H17Cl2N3O2/c20-14-8-7-12(10-15(14)21)18(25)22-11-13-4-3-9-24(13)19-23-16-5-1-2-6-17(16)26-19/h1-2,5-8,10,13H,3-4,9,11H2,(H,22,25). The van der Waals surface area contributed by atoms with E-state index in [1.165, 1.54) is 0 Å². The zero-order valence-electron chi connectivity index (χ0n) is 13.9. The third-order valence-electron chi connectivity index (χ3n) is 4.59. The minimum atomic E-state index is -0.173. The van der Waals surface area contributed by atoms with Gasteiger partial charge >= 0.3 is 0 Å². The van der Waals surface area contributed by atoms with Gasteiger partial charge in [0.1, 0.15) is 5.52 Å².